The lowest BCUT2D eigenvalue weighted by Gasteiger charge is -2.21. The molecule has 1 aliphatic heterocycles. The van der Waals surface area contributed by atoms with Gasteiger partial charge in [-0.3, -0.25) is 10.1 Å². The molecule has 1 aromatic rings. The van der Waals surface area contributed by atoms with Crippen LogP contribution in [0, 0.1) is 0 Å². The van der Waals surface area contributed by atoms with Gasteiger partial charge in [0.25, 0.3) is 5.92 Å². The van der Waals surface area contributed by atoms with E-state index in [9.17, 15) is 26.7 Å². The number of carbonyl (C=O) groups is 1. The fourth-order valence-corrected chi connectivity index (χ4v) is 2.30. The number of hydrogen-bond donors (Lipinski definition) is 1. The summed E-state index contributed by atoms with van der Waals surface area (Å²) in [6.07, 6.45) is -5.33. The molecule has 4 nitrogen and oxygen atoms in total. The van der Waals surface area contributed by atoms with Crippen LogP contribution in [0.2, 0.25) is 0 Å². The molecule has 136 valence electrons. The van der Waals surface area contributed by atoms with Crippen LogP contribution in [0.25, 0.3) is 0 Å². The zero-order chi connectivity index (χ0) is 17.3. The van der Waals surface area contributed by atoms with Gasteiger partial charge in [-0.05, 0) is 17.7 Å². The maximum atomic E-state index is 13.1. The maximum absolute atomic E-state index is 13.1. The van der Waals surface area contributed by atoms with Gasteiger partial charge in [0.05, 0.1) is 12.6 Å². The van der Waals surface area contributed by atoms with E-state index in [4.69, 9.17) is 0 Å². The minimum atomic E-state index is -4.77. The lowest BCUT2D eigenvalue weighted by Crippen LogP contribution is -2.41. The number of hydrogen-bond acceptors (Lipinski definition) is 3. The number of rotatable bonds is 4. The third-order valence-electron chi connectivity index (χ3n) is 3.36. The van der Waals surface area contributed by atoms with Crippen LogP contribution in [0.15, 0.2) is 24.3 Å². The van der Waals surface area contributed by atoms with Crippen molar-refractivity contribution in [3.8, 4) is 5.75 Å². The molecule has 0 saturated carbocycles. The fraction of sp³-hybridized carbons (Fsp3) is 0.500. The van der Waals surface area contributed by atoms with Crippen LogP contribution in [0.3, 0.4) is 0 Å². The topological polar surface area (TPSA) is 41.6 Å². The average Bonchev–Trinajstić information content (AvgIpc) is 2.78. The standard InChI is InChI=1S/C14H15F5N2O2.ClH/c1-21(12(22)11-6-13(15,16)8-20-11)7-9-2-4-10(5-3-9)23-14(17,18)19;/h2-5,11,20H,6-8H2,1H3;1H. The van der Waals surface area contributed by atoms with Crippen molar-refractivity contribution in [3.05, 3.63) is 29.8 Å². The van der Waals surface area contributed by atoms with E-state index in [-0.39, 0.29) is 24.7 Å². The summed E-state index contributed by atoms with van der Waals surface area (Å²) < 4.78 is 66.1. The van der Waals surface area contributed by atoms with Crippen LogP contribution in [0.1, 0.15) is 12.0 Å². The van der Waals surface area contributed by atoms with Crippen LogP contribution in [0.5, 0.6) is 5.75 Å². The van der Waals surface area contributed by atoms with Crippen LogP contribution in [0.4, 0.5) is 22.0 Å². The Morgan fingerprint density at radius 3 is 2.38 bits per heavy atom. The quantitative estimate of drug-likeness (QED) is 0.824. The van der Waals surface area contributed by atoms with E-state index >= 15 is 0 Å². The van der Waals surface area contributed by atoms with Gasteiger partial charge in [0.1, 0.15) is 5.75 Å². The number of benzene rings is 1. The molecule has 1 fully saturated rings. The number of alkyl halides is 5. The van der Waals surface area contributed by atoms with Gasteiger partial charge in [-0.25, -0.2) is 8.78 Å². The minimum Gasteiger partial charge on any atom is -0.406 e. The predicted octanol–water partition coefficient (Wildman–Crippen LogP) is 2.96. The summed E-state index contributed by atoms with van der Waals surface area (Å²) in [5, 5.41) is 2.46. The molecule has 1 saturated heterocycles. The number of likely N-dealkylation sites (N-methyl/N-ethyl adjacent to an activating group) is 1. The highest BCUT2D eigenvalue weighted by Crippen LogP contribution is 2.26. The Hall–Kier alpha value is -1.61. The molecule has 1 unspecified atom stereocenters. The van der Waals surface area contributed by atoms with Crippen molar-refractivity contribution in [2.45, 2.75) is 31.3 Å². The number of halogens is 6. The highest BCUT2D eigenvalue weighted by Gasteiger charge is 2.43. The molecule has 1 N–H and O–H groups in total. The summed E-state index contributed by atoms with van der Waals surface area (Å²) >= 11 is 0. The molecule has 0 aliphatic carbocycles. The molecule has 1 aromatic carbocycles. The molecule has 0 spiro atoms. The summed E-state index contributed by atoms with van der Waals surface area (Å²) in [5.41, 5.74) is 0.556. The van der Waals surface area contributed by atoms with Crippen molar-refractivity contribution in [3.63, 3.8) is 0 Å². The average molecular weight is 375 g/mol. The van der Waals surface area contributed by atoms with Gasteiger partial charge in [0.2, 0.25) is 5.91 Å². The van der Waals surface area contributed by atoms with Crippen molar-refractivity contribution in [1.82, 2.24) is 10.2 Å². The van der Waals surface area contributed by atoms with Gasteiger partial charge in [0.15, 0.2) is 0 Å². The van der Waals surface area contributed by atoms with Gasteiger partial charge < -0.3 is 9.64 Å². The summed E-state index contributed by atoms with van der Waals surface area (Å²) in [6, 6.07) is 4.05. The van der Waals surface area contributed by atoms with Crippen molar-refractivity contribution >= 4 is 18.3 Å². The molecule has 2 rings (SSSR count). The van der Waals surface area contributed by atoms with E-state index in [2.05, 4.69) is 10.1 Å². The summed E-state index contributed by atoms with van der Waals surface area (Å²) in [4.78, 5) is 13.3. The molecule has 24 heavy (non-hydrogen) atoms. The second kappa shape index (κ2) is 7.52. The van der Waals surface area contributed by atoms with Crippen molar-refractivity contribution in [2.24, 2.45) is 0 Å². The van der Waals surface area contributed by atoms with E-state index in [1.54, 1.807) is 0 Å². The van der Waals surface area contributed by atoms with E-state index < -0.39 is 37.2 Å². The molecule has 0 bridgehead atoms. The van der Waals surface area contributed by atoms with Gasteiger partial charge in [-0.2, -0.15) is 0 Å². The normalized spacial score (nSPS) is 19.5. The monoisotopic (exact) mass is 374 g/mol. The van der Waals surface area contributed by atoms with Crippen LogP contribution in [-0.4, -0.2) is 42.7 Å². The second-order valence-corrected chi connectivity index (χ2v) is 5.38. The van der Waals surface area contributed by atoms with Crippen molar-refractivity contribution in [2.75, 3.05) is 13.6 Å². The zero-order valence-electron chi connectivity index (χ0n) is 12.6. The summed E-state index contributed by atoms with van der Waals surface area (Å²) in [5.74, 6) is -3.76. The first-order valence-corrected chi connectivity index (χ1v) is 6.77. The van der Waals surface area contributed by atoms with Gasteiger partial charge in [-0.15, -0.1) is 25.6 Å². The first-order chi connectivity index (χ1) is 10.6. The highest BCUT2D eigenvalue weighted by atomic mass is 35.5. The Kier molecular flexibility index (Phi) is 6.40. The third kappa shape index (κ3) is 5.79. The molecule has 1 heterocycles. The van der Waals surface area contributed by atoms with Crippen molar-refractivity contribution < 1.29 is 31.5 Å². The highest BCUT2D eigenvalue weighted by molar-refractivity contribution is 5.85. The minimum absolute atomic E-state index is 0. The Labute approximate surface area is 141 Å². The Morgan fingerprint density at radius 1 is 1.33 bits per heavy atom. The second-order valence-electron chi connectivity index (χ2n) is 5.38. The first-order valence-electron chi connectivity index (χ1n) is 6.77. The first kappa shape index (κ1) is 20.4. The molecule has 0 radical (unpaired) electrons. The molecule has 10 heteroatoms. The SMILES string of the molecule is CN(Cc1ccc(OC(F)(F)F)cc1)C(=O)C1CC(F)(F)CN1.Cl. The van der Waals surface area contributed by atoms with Gasteiger partial charge >= 0.3 is 6.36 Å². The lowest BCUT2D eigenvalue weighted by molar-refractivity contribution is -0.274. The number of ether oxygens (including phenoxy) is 1. The third-order valence-corrected chi connectivity index (χ3v) is 3.36. The lowest BCUT2D eigenvalue weighted by atomic mass is 10.1. The van der Waals surface area contributed by atoms with E-state index in [1.807, 2.05) is 0 Å². The van der Waals surface area contributed by atoms with E-state index in [1.165, 1.54) is 24.1 Å². The molecule has 1 atom stereocenters. The molecular weight excluding hydrogens is 359 g/mol. The number of amides is 1. The number of nitrogens with one attached hydrogen (secondary N) is 1. The number of nitrogens with zero attached hydrogens (tertiary/aromatic N) is 1. The number of carbonyl (C=O) groups excluding carboxylic acids is 1. The van der Waals surface area contributed by atoms with E-state index in [0.29, 0.717) is 5.56 Å². The Morgan fingerprint density at radius 2 is 1.92 bits per heavy atom. The van der Waals surface area contributed by atoms with Gasteiger partial charge in [-0.1, -0.05) is 12.1 Å². The molecular formula is C14H16ClF5N2O2. The smallest absolute Gasteiger partial charge is 0.406 e. The largest absolute Gasteiger partial charge is 0.573 e. The Bertz CT molecular complexity index is 565. The molecule has 0 aromatic heterocycles. The van der Waals surface area contributed by atoms with Gasteiger partial charge in [0, 0.05) is 20.0 Å². The van der Waals surface area contributed by atoms with Crippen LogP contribution >= 0.6 is 12.4 Å². The van der Waals surface area contributed by atoms with Crippen LogP contribution < -0.4 is 10.1 Å². The summed E-state index contributed by atoms with van der Waals surface area (Å²) in [6.45, 7) is -0.449. The zero-order valence-corrected chi connectivity index (χ0v) is 13.4. The molecule has 1 amide bonds. The Balaban J connectivity index is 0.00000288. The maximum Gasteiger partial charge on any atom is 0.573 e. The van der Waals surface area contributed by atoms with E-state index in [0.717, 1.165) is 12.1 Å². The van der Waals surface area contributed by atoms with Crippen molar-refractivity contribution in [1.29, 1.82) is 0 Å². The molecule has 1 aliphatic rings. The predicted molar refractivity (Wildman–Crippen MR) is 78.2 cm³/mol. The van der Waals surface area contributed by atoms with Crippen LogP contribution in [-0.2, 0) is 11.3 Å². The fourth-order valence-electron chi connectivity index (χ4n) is 2.30. The summed E-state index contributed by atoms with van der Waals surface area (Å²) in [7, 11) is 1.45.